The SMILES string of the molecule is CSc1ccc(C2=NN3C(C2)c2cc(Cl)ccc2OC3c2ccc3noc(-c4ccccc4)c3c2)cc1. The lowest BCUT2D eigenvalue weighted by atomic mass is 9.95. The fourth-order valence-electron chi connectivity index (χ4n) is 5.15. The van der Waals surface area contributed by atoms with E-state index in [4.69, 9.17) is 26.0 Å². The zero-order valence-electron chi connectivity index (χ0n) is 20.0. The van der Waals surface area contributed by atoms with Crippen LogP contribution in [0.25, 0.3) is 22.2 Å². The summed E-state index contributed by atoms with van der Waals surface area (Å²) in [6, 6.07) is 30.6. The van der Waals surface area contributed by atoms with Crippen molar-refractivity contribution in [2.45, 2.75) is 23.6 Å². The Hall–Kier alpha value is -3.74. The first-order chi connectivity index (χ1) is 18.2. The van der Waals surface area contributed by atoms with Crippen LogP contribution in [0.2, 0.25) is 5.02 Å². The van der Waals surface area contributed by atoms with Gasteiger partial charge in [-0.05, 0) is 54.3 Å². The van der Waals surface area contributed by atoms with Gasteiger partial charge in [-0.1, -0.05) is 65.3 Å². The number of hydrogen-bond acceptors (Lipinski definition) is 6. The van der Waals surface area contributed by atoms with Gasteiger partial charge >= 0.3 is 0 Å². The van der Waals surface area contributed by atoms with Crippen LogP contribution in [-0.4, -0.2) is 22.1 Å². The van der Waals surface area contributed by atoms with E-state index < -0.39 is 6.23 Å². The highest BCUT2D eigenvalue weighted by Crippen LogP contribution is 2.48. The molecule has 5 aromatic rings. The monoisotopic (exact) mass is 523 g/mol. The number of fused-ring (bicyclic) bond motifs is 4. The molecule has 0 radical (unpaired) electrons. The van der Waals surface area contributed by atoms with Gasteiger partial charge in [-0.25, -0.2) is 5.01 Å². The van der Waals surface area contributed by atoms with E-state index >= 15 is 0 Å². The lowest BCUT2D eigenvalue weighted by molar-refractivity contribution is -0.0189. The summed E-state index contributed by atoms with van der Waals surface area (Å²) >= 11 is 8.14. The number of ether oxygens (including phenoxy) is 1. The third-order valence-electron chi connectivity index (χ3n) is 7.00. The summed E-state index contributed by atoms with van der Waals surface area (Å²) in [5.74, 6) is 1.58. The van der Waals surface area contributed by atoms with E-state index in [1.807, 2.05) is 60.7 Å². The average Bonchev–Trinajstić information content (AvgIpc) is 3.58. The van der Waals surface area contributed by atoms with E-state index in [1.54, 1.807) is 11.8 Å². The predicted molar refractivity (Wildman–Crippen MR) is 148 cm³/mol. The molecule has 7 rings (SSSR count). The zero-order valence-corrected chi connectivity index (χ0v) is 21.5. The number of benzene rings is 4. The largest absolute Gasteiger partial charge is 0.464 e. The molecule has 1 aromatic heterocycles. The quantitative estimate of drug-likeness (QED) is 0.223. The number of hydrazone groups is 1. The number of thioether (sulfide) groups is 1. The number of nitrogens with zero attached hydrogens (tertiary/aromatic N) is 3. The van der Waals surface area contributed by atoms with Gasteiger partial charge in [-0.3, -0.25) is 0 Å². The lowest BCUT2D eigenvalue weighted by Crippen LogP contribution is -2.33. The van der Waals surface area contributed by atoms with Crippen LogP contribution in [0.15, 0.2) is 106 Å². The fraction of sp³-hybridized carbons (Fsp3) is 0.133. The van der Waals surface area contributed by atoms with Crippen LogP contribution in [0.1, 0.15) is 35.4 Å². The first kappa shape index (κ1) is 22.5. The van der Waals surface area contributed by atoms with Crippen molar-refractivity contribution in [3.05, 3.63) is 113 Å². The first-order valence-corrected chi connectivity index (χ1v) is 13.7. The van der Waals surface area contributed by atoms with Gasteiger partial charge in [0.05, 0.1) is 17.1 Å². The van der Waals surface area contributed by atoms with Gasteiger partial charge in [0.25, 0.3) is 0 Å². The van der Waals surface area contributed by atoms with E-state index in [0.29, 0.717) is 5.02 Å². The standard InChI is InChI=1S/C30H22ClN3O2S/c1-37-22-11-7-18(8-12-22)26-17-27-24-16-21(31)10-14-28(24)35-30(34(27)32-26)20-9-13-25-23(15-20)29(36-33-25)19-5-3-2-4-6-19/h2-16,27,30H,17H2,1H3. The third-order valence-corrected chi connectivity index (χ3v) is 7.98. The summed E-state index contributed by atoms with van der Waals surface area (Å²) in [4.78, 5) is 1.23. The van der Waals surface area contributed by atoms with E-state index in [0.717, 1.165) is 56.8 Å². The van der Waals surface area contributed by atoms with E-state index in [1.165, 1.54) is 4.90 Å². The van der Waals surface area contributed by atoms with Crippen LogP contribution in [0.5, 0.6) is 5.75 Å². The number of halogens is 1. The predicted octanol–water partition coefficient (Wildman–Crippen LogP) is 8.11. The molecule has 0 bridgehead atoms. The Labute approximate surface area is 223 Å². The molecule has 3 heterocycles. The van der Waals surface area contributed by atoms with Crippen molar-refractivity contribution in [1.29, 1.82) is 0 Å². The molecule has 0 amide bonds. The molecule has 7 heteroatoms. The second-order valence-electron chi connectivity index (χ2n) is 9.18. The molecule has 0 fully saturated rings. The molecule has 0 N–H and O–H groups in total. The van der Waals surface area contributed by atoms with Gasteiger partial charge in [-0.15, -0.1) is 11.8 Å². The molecule has 182 valence electrons. The van der Waals surface area contributed by atoms with Crippen molar-refractivity contribution in [3.63, 3.8) is 0 Å². The van der Waals surface area contributed by atoms with Crippen molar-refractivity contribution in [2.75, 3.05) is 6.26 Å². The number of hydrogen-bond donors (Lipinski definition) is 0. The zero-order chi connectivity index (χ0) is 24.9. The van der Waals surface area contributed by atoms with Crippen LogP contribution in [0.4, 0.5) is 0 Å². The van der Waals surface area contributed by atoms with Crippen molar-refractivity contribution < 1.29 is 9.26 Å². The molecule has 0 saturated heterocycles. The maximum Gasteiger partial charge on any atom is 0.213 e. The van der Waals surface area contributed by atoms with Crippen LogP contribution < -0.4 is 4.74 Å². The topological polar surface area (TPSA) is 50.9 Å². The summed E-state index contributed by atoms with van der Waals surface area (Å²) < 4.78 is 12.3. The number of rotatable bonds is 4. The summed E-state index contributed by atoms with van der Waals surface area (Å²) in [6.45, 7) is 0. The highest BCUT2D eigenvalue weighted by molar-refractivity contribution is 7.98. The minimum Gasteiger partial charge on any atom is -0.464 e. The minimum absolute atomic E-state index is 0.0226. The molecule has 4 aromatic carbocycles. The molecule has 2 atom stereocenters. The first-order valence-electron chi connectivity index (χ1n) is 12.1. The Morgan fingerprint density at radius 1 is 0.919 bits per heavy atom. The molecule has 5 nitrogen and oxygen atoms in total. The number of aromatic nitrogens is 1. The summed E-state index contributed by atoms with van der Waals surface area (Å²) in [5, 5.41) is 13.1. The van der Waals surface area contributed by atoms with Gasteiger partial charge in [0.15, 0.2) is 5.76 Å². The van der Waals surface area contributed by atoms with Crippen molar-refractivity contribution in [3.8, 4) is 17.1 Å². The van der Waals surface area contributed by atoms with E-state index in [-0.39, 0.29) is 6.04 Å². The Morgan fingerprint density at radius 2 is 1.76 bits per heavy atom. The highest BCUT2D eigenvalue weighted by atomic mass is 35.5. The maximum atomic E-state index is 6.58. The Balaban J connectivity index is 1.33. The summed E-state index contributed by atoms with van der Waals surface area (Å²) in [7, 11) is 0. The molecule has 2 aliphatic heterocycles. The fourth-order valence-corrected chi connectivity index (χ4v) is 5.74. The molecule has 37 heavy (non-hydrogen) atoms. The van der Waals surface area contributed by atoms with Crippen molar-refractivity contribution in [2.24, 2.45) is 5.10 Å². The second-order valence-corrected chi connectivity index (χ2v) is 10.5. The van der Waals surface area contributed by atoms with Gasteiger partial charge in [-0.2, -0.15) is 5.10 Å². The molecular weight excluding hydrogens is 502 g/mol. The highest BCUT2D eigenvalue weighted by Gasteiger charge is 2.41. The van der Waals surface area contributed by atoms with Crippen LogP contribution in [0.3, 0.4) is 0 Å². The molecule has 2 aliphatic rings. The second kappa shape index (κ2) is 8.98. The Bertz CT molecular complexity index is 1650. The maximum absolute atomic E-state index is 6.58. The summed E-state index contributed by atoms with van der Waals surface area (Å²) in [5.41, 5.74) is 5.99. The lowest BCUT2D eigenvalue weighted by Gasteiger charge is -2.38. The van der Waals surface area contributed by atoms with Gasteiger partial charge in [0, 0.05) is 33.0 Å². The molecule has 2 unspecified atom stereocenters. The van der Waals surface area contributed by atoms with Gasteiger partial charge in [0.1, 0.15) is 11.3 Å². The van der Waals surface area contributed by atoms with E-state index in [2.05, 4.69) is 46.8 Å². The molecule has 0 spiro atoms. The van der Waals surface area contributed by atoms with Crippen LogP contribution in [-0.2, 0) is 0 Å². The average molecular weight is 524 g/mol. The van der Waals surface area contributed by atoms with Crippen LogP contribution >= 0.6 is 23.4 Å². The van der Waals surface area contributed by atoms with Crippen molar-refractivity contribution in [1.82, 2.24) is 10.2 Å². The van der Waals surface area contributed by atoms with Gasteiger partial charge in [0.2, 0.25) is 6.23 Å². The molecular formula is C30H22ClN3O2S. The summed E-state index contributed by atoms with van der Waals surface area (Å²) in [6.07, 6.45) is 2.46. The van der Waals surface area contributed by atoms with Gasteiger partial charge < -0.3 is 9.26 Å². The molecule has 0 saturated carbocycles. The Kier molecular flexibility index (Phi) is 5.45. The smallest absolute Gasteiger partial charge is 0.213 e. The normalized spacial score (nSPS) is 18.3. The van der Waals surface area contributed by atoms with Crippen LogP contribution in [0, 0.1) is 0 Å². The minimum atomic E-state index is -0.399. The molecule has 0 aliphatic carbocycles. The van der Waals surface area contributed by atoms with Crippen molar-refractivity contribution >= 4 is 40.0 Å². The Morgan fingerprint density at radius 3 is 2.57 bits per heavy atom. The van der Waals surface area contributed by atoms with E-state index in [9.17, 15) is 0 Å². The third kappa shape index (κ3) is 3.88.